The Bertz CT molecular complexity index is 924. The summed E-state index contributed by atoms with van der Waals surface area (Å²) < 4.78 is 17.4. The Morgan fingerprint density at radius 1 is 1.19 bits per heavy atom. The number of fused-ring (bicyclic) bond motifs is 1. The molecule has 2 fully saturated rings. The van der Waals surface area contributed by atoms with Crippen molar-refractivity contribution in [2.24, 2.45) is 17.3 Å². The third-order valence-electron chi connectivity index (χ3n) is 7.30. The molecule has 1 saturated carbocycles. The third kappa shape index (κ3) is 3.12. The molecule has 5 heteroatoms. The van der Waals surface area contributed by atoms with Gasteiger partial charge < -0.3 is 14.2 Å². The van der Waals surface area contributed by atoms with Crippen LogP contribution in [0.25, 0.3) is 0 Å². The normalized spacial score (nSPS) is 30.8. The molecule has 1 spiro atoms. The van der Waals surface area contributed by atoms with Crippen LogP contribution in [0.3, 0.4) is 0 Å². The highest BCUT2D eigenvalue weighted by atomic mass is 16.6. The second-order valence-electron chi connectivity index (χ2n) is 10.1. The van der Waals surface area contributed by atoms with E-state index in [9.17, 15) is 9.59 Å². The van der Waals surface area contributed by atoms with Crippen LogP contribution in [-0.2, 0) is 25.5 Å². The summed E-state index contributed by atoms with van der Waals surface area (Å²) in [5.74, 6) is -0.614. The molecule has 0 amide bonds. The highest BCUT2D eigenvalue weighted by Gasteiger charge is 2.70. The number of ether oxygens (including phenoxy) is 3. The standard InChI is InChI=1S/C26H32O5/c1-7-17-10-11-18(8-2)26(17)15-25(22(27)29-6,23(28)31-26)21-13-16-9-12-19(14-20(16)21)30-24(3,4)5/h7-9,12,14,17-18,21H,1-2,10-11,13,15H2,3-6H3/t17-,18-,21?,25-/m1/s1. The molecule has 1 saturated heterocycles. The van der Waals surface area contributed by atoms with Crippen molar-refractivity contribution >= 4 is 11.9 Å². The Labute approximate surface area is 184 Å². The van der Waals surface area contributed by atoms with E-state index in [2.05, 4.69) is 13.2 Å². The molecule has 1 aromatic carbocycles. The van der Waals surface area contributed by atoms with Crippen molar-refractivity contribution in [1.29, 1.82) is 0 Å². The largest absolute Gasteiger partial charge is 0.488 e. The van der Waals surface area contributed by atoms with Crippen molar-refractivity contribution < 1.29 is 23.8 Å². The van der Waals surface area contributed by atoms with Gasteiger partial charge in [0.05, 0.1) is 7.11 Å². The van der Waals surface area contributed by atoms with E-state index in [0.717, 1.165) is 29.7 Å². The maximum atomic E-state index is 13.5. The van der Waals surface area contributed by atoms with Crippen molar-refractivity contribution in [1.82, 2.24) is 0 Å². The van der Waals surface area contributed by atoms with Crippen LogP contribution < -0.4 is 4.74 Å². The van der Waals surface area contributed by atoms with Crippen LogP contribution >= 0.6 is 0 Å². The van der Waals surface area contributed by atoms with E-state index in [1.807, 2.05) is 51.1 Å². The molecule has 31 heavy (non-hydrogen) atoms. The Kier molecular flexibility index (Phi) is 5.07. The number of hydrogen-bond acceptors (Lipinski definition) is 5. The highest BCUT2D eigenvalue weighted by molar-refractivity contribution is 6.03. The van der Waals surface area contributed by atoms with Gasteiger partial charge >= 0.3 is 11.9 Å². The predicted molar refractivity (Wildman–Crippen MR) is 118 cm³/mol. The summed E-state index contributed by atoms with van der Waals surface area (Å²) in [5.41, 5.74) is -0.416. The maximum absolute atomic E-state index is 13.5. The highest BCUT2D eigenvalue weighted by Crippen LogP contribution is 2.62. The van der Waals surface area contributed by atoms with Gasteiger partial charge in [0.2, 0.25) is 0 Å². The first-order chi connectivity index (χ1) is 14.6. The zero-order valence-corrected chi connectivity index (χ0v) is 18.9. The van der Waals surface area contributed by atoms with Gasteiger partial charge in [-0.15, -0.1) is 13.2 Å². The predicted octanol–water partition coefficient (Wildman–Crippen LogP) is 4.75. The summed E-state index contributed by atoms with van der Waals surface area (Å²) in [7, 11) is 1.34. The van der Waals surface area contributed by atoms with Crippen molar-refractivity contribution in [3.05, 3.63) is 54.6 Å². The summed E-state index contributed by atoms with van der Waals surface area (Å²) >= 11 is 0. The van der Waals surface area contributed by atoms with Gasteiger partial charge in [-0.05, 0) is 63.3 Å². The summed E-state index contributed by atoms with van der Waals surface area (Å²) in [6.07, 6.45) is 6.34. The van der Waals surface area contributed by atoms with Crippen LogP contribution in [0.1, 0.15) is 57.1 Å². The number of esters is 2. The van der Waals surface area contributed by atoms with Gasteiger partial charge in [-0.2, -0.15) is 0 Å². The first-order valence-electron chi connectivity index (χ1n) is 11.0. The quantitative estimate of drug-likeness (QED) is 0.388. The Morgan fingerprint density at radius 2 is 1.84 bits per heavy atom. The number of benzene rings is 1. The monoisotopic (exact) mass is 424 g/mol. The molecule has 0 radical (unpaired) electrons. The lowest BCUT2D eigenvalue weighted by atomic mass is 9.58. The Hall–Kier alpha value is -2.56. The molecule has 166 valence electrons. The summed E-state index contributed by atoms with van der Waals surface area (Å²) in [6, 6.07) is 5.92. The summed E-state index contributed by atoms with van der Waals surface area (Å²) in [5, 5.41) is 0. The number of hydrogen-bond donors (Lipinski definition) is 0. The minimum absolute atomic E-state index is 0.0129. The first-order valence-corrected chi connectivity index (χ1v) is 11.0. The maximum Gasteiger partial charge on any atom is 0.324 e. The molecular weight excluding hydrogens is 392 g/mol. The fourth-order valence-corrected chi connectivity index (χ4v) is 5.86. The van der Waals surface area contributed by atoms with Gasteiger partial charge in [0.15, 0.2) is 5.41 Å². The molecule has 0 bridgehead atoms. The molecule has 4 atom stereocenters. The van der Waals surface area contributed by atoms with Crippen LogP contribution in [0.4, 0.5) is 0 Å². The van der Waals surface area contributed by atoms with Crippen molar-refractivity contribution in [3.63, 3.8) is 0 Å². The zero-order valence-electron chi connectivity index (χ0n) is 18.9. The molecule has 1 unspecified atom stereocenters. The minimum Gasteiger partial charge on any atom is -0.488 e. The Morgan fingerprint density at radius 3 is 2.39 bits per heavy atom. The van der Waals surface area contributed by atoms with Gasteiger partial charge in [0, 0.05) is 24.2 Å². The lowest BCUT2D eigenvalue weighted by Gasteiger charge is -2.41. The molecule has 5 nitrogen and oxygen atoms in total. The van der Waals surface area contributed by atoms with E-state index in [-0.39, 0.29) is 29.8 Å². The molecule has 1 aromatic rings. The van der Waals surface area contributed by atoms with Crippen molar-refractivity contribution in [2.75, 3.05) is 7.11 Å². The van der Waals surface area contributed by atoms with Gasteiger partial charge in [0.25, 0.3) is 0 Å². The molecule has 1 heterocycles. The lowest BCUT2D eigenvalue weighted by molar-refractivity contribution is -0.167. The van der Waals surface area contributed by atoms with Crippen LogP contribution in [0.2, 0.25) is 0 Å². The van der Waals surface area contributed by atoms with Gasteiger partial charge in [-0.1, -0.05) is 18.2 Å². The van der Waals surface area contributed by atoms with Crippen LogP contribution in [0.15, 0.2) is 43.5 Å². The molecule has 4 rings (SSSR count). The smallest absolute Gasteiger partial charge is 0.324 e. The molecule has 0 aromatic heterocycles. The molecular formula is C26H32O5. The van der Waals surface area contributed by atoms with E-state index in [0.29, 0.717) is 6.42 Å². The third-order valence-corrected chi connectivity index (χ3v) is 7.30. The summed E-state index contributed by atoms with van der Waals surface area (Å²) in [4.78, 5) is 26.7. The van der Waals surface area contributed by atoms with E-state index >= 15 is 0 Å². The average Bonchev–Trinajstić information content (AvgIpc) is 3.19. The molecule has 2 aliphatic carbocycles. The number of carbonyl (C=O) groups excluding carboxylic acids is 2. The first kappa shape index (κ1) is 21.7. The SMILES string of the molecule is C=C[C@@H]1CC[C@@H](C=C)C12C[C@](C(=O)OC)(C1Cc3ccc(OC(C)(C)C)cc31)C(=O)O2. The van der Waals surface area contributed by atoms with Gasteiger partial charge in [-0.3, -0.25) is 9.59 Å². The van der Waals surface area contributed by atoms with Crippen molar-refractivity contribution in [3.8, 4) is 5.75 Å². The zero-order chi connectivity index (χ0) is 22.6. The summed E-state index contributed by atoms with van der Waals surface area (Å²) in [6.45, 7) is 13.9. The van der Waals surface area contributed by atoms with E-state index in [1.54, 1.807) is 0 Å². The second kappa shape index (κ2) is 7.25. The number of carbonyl (C=O) groups is 2. The molecule has 1 aliphatic heterocycles. The van der Waals surface area contributed by atoms with Gasteiger partial charge in [0.1, 0.15) is 17.0 Å². The Balaban J connectivity index is 1.77. The molecule has 3 aliphatic rings. The topological polar surface area (TPSA) is 61.8 Å². The number of rotatable bonds is 5. The van der Waals surface area contributed by atoms with E-state index in [1.165, 1.54) is 7.11 Å². The minimum atomic E-state index is -1.37. The average molecular weight is 425 g/mol. The van der Waals surface area contributed by atoms with E-state index in [4.69, 9.17) is 14.2 Å². The second-order valence-corrected chi connectivity index (χ2v) is 10.1. The fraction of sp³-hybridized carbons (Fsp3) is 0.538. The van der Waals surface area contributed by atoms with Gasteiger partial charge in [-0.25, -0.2) is 0 Å². The fourth-order valence-electron chi connectivity index (χ4n) is 5.86. The van der Waals surface area contributed by atoms with Crippen LogP contribution in [0, 0.1) is 17.3 Å². The lowest BCUT2D eigenvalue weighted by Crippen LogP contribution is -2.47. The van der Waals surface area contributed by atoms with Crippen molar-refractivity contribution in [2.45, 2.75) is 63.6 Å². The van der Waals surface area contributed by atoms with Crippen LogP contribution in [0.5, 0.6) is 5.75 Å². The number of methoxy groups -OCH3 is 1. The van der Waals surface area contributed by atoms with E-state index < -0.39 is 23.0 Å². The van der Waals surface area contributed by atoms with Crippen LogP contribution in [-0.4, -0.2) is 30.3 Å². The molecule has 0 N–H and O–H groups in total.